The Kier molecular flexibility index (Phi) is 58.4. The Morgan fingerprint density at radius 1 is 0.348 bits per heavy atom. The Bertz CT molecular complexity index is 1030. The van der Waals surface area contributed by atoms with Gasteiger partial charge in [-0.2, -0.15) is 0 Å². The van der Waals surface area contributed by atoms with E-state index in [-0.39, 0.29) is 6.61 Å². The molecule has 0 rings (SSSR count). The van der Waals surface area contributed by atoms with Crippen molar-refractivity contribution in [2.24, 2.45) is 0 Å². The molecule has 410 valence electrons. The van der Waals surface area contributed by atoms with E-state index in [9.17, 15) is 20.1 Å². The summed E-state index contributed by atoms with van der Waals surface area (Å²) in [6.45, 7) is 4.23. The van der Waals surface area contributed by atoms with Crippen LogP contribution in [0.25, 0.3) is 0 Å². The number of aliphatic hydroxyl groups excluding tert-OH is 3. The van der Waals surface area contributed by atoms with Crippen LogP contribution in [0.15, 0.2) is 24.3 Å². The Labute approximate surface area is 432 Å². The Morgan fingerprint density at radius 2 is 0.580 bits per heavy atom. The molecule has 0 bridgehead atoms. The van der Waals surface area contributed by atoms with Crippen LogP contribution in [0.4, 0.5) is 0 Å². The third-order valence-electron chi connectivity index (χ3n) is 15.0. The quantitative estimate of drug-likeness (QED) is 0.0361. The molecule has 3 unspecified atom stereocenters. The summed E-state index contributed by atoms with van der Waals surface area (Å²) in [5.41, 5.74) is 0. The predicted octanol–water partition coefficient (Wildman–Crippen LogP) is 20.0. The molecule has 0 aromatic heterocycles. The standard InChI is InChI=1S/C64H125NO4/c1-3-5-7-9-11-13-15-17-19-21-23-25-27-28-29-30-31-32-33-34-35-37-39-41-43-45-47-49-51-53-55-57-59-63(68)64(69)65-61(60-66)62(67)58-56-54-52-50-48-46-44-42-40-38-36-26-24-22-20-18-16-14-12-10-8-6-4-2/h28-29,56,58,61-63,66-68H,3-27,30-55,57,59-60H2,1-2H3,(H,65,69)/b29-28-,58-56+. The molecule has 5 nitrogen and oxygen atoms in total. The molecule has 0 heterocycles. The van der Waals surface area contributed by atoms with Crippen molar-refractivity contribution in [2.45, 2.75) is 372 Å². The van der Waals surface area contributed by atoms with Crippen LogP contribution in [0.1, 0.15) is 354 Å². The van der Waals surface area contributed by atoms with Gasteiger partial charge in [-0.05, 0) is 44.9 Å². The first-order chi connectivity index (χ1) is 34.1. The topological polar surface area (TPSA) is 89.8 Å². The zero-order chi connectivity index (χ0) is 50.0. The van der Waals surface area contributed by atoms with E-state index in [0.717, 1.165) is 32.1 Å². The van der Waals surface area contributed by atoms with Crippen molar-refractivity contribution in [3.8, 4) is 0 Å². The summed E-state index contributed by atoms with van der Waals surface area (Å²) in [7, 11) is 0. The first kappa shape index (κ1) is 67.8. The molecule has 0 aromatic carbocycles. The van der Waals surface area contributed by atoms with Gasteiger partial charge in [0.05, 0.1) is 18.8 Å². The van der Waals surface area contributed by atoms with E-state index in [1.54, 1.807) is 6.08 Å². The maximum atomic E-state index is 12.6. The molecule has 0 aliphatic carbocycles. The van der Waals surface area contributed by atoms with Gasteiger partial charge in [0, 0.05) is 0 Å². The average Bonchev–Trinajstić information content (AvgIpc) is 3.35. The molecule has 69 heavy (non-hydrogen) atoms. The molecule has 0 aliphatic heterocycles. The van der Waals surface area contributed by atoms with Crippen molar-refractivity contribution in [3.63, 3.8) is 0 Å². The van der Waals surface area contributed by atoms with E-state index in [1.807, 2.05) is 6.08 Å². The van der Waals surface area contributed by atoms with E-state index in [2.05, 4.69) is 31.3 Å². The third-order valence-corrected chi connectivity index (χ3v) is 15.0. The lowest BCUT2D eigenvalue weighted by atomic mass is 10.0. The monoisotopic (exact) mass is 972 g/mol. The third kappa shape index (κ3) is 54.4. The van der Waals surface area contributed by atoms with Crippen LogP contribution in [-0.4, -0.2) is 46.1 Å². The van der Waals surface area contributed by atoms with E-state index >= 15 is 0 Å². The van der Waals surface area contributed by atoms with Gasteiger partial charge in [-0.25, -0.2) is 0 Å². The van der Waals surface area contributed by atoms with Crippen LogP contribution < -0.4 is 5.32 Å². The highest BCUT2D eigenvalue weighted by Crippen LogP contribution is 2.18. The summed E-state index contributed by atoms with van der Waals surface area (Å²) in [5, 5.41) is 33.5. The Hall–Kier alpha value is -1.17. The molecule has 0 aromatic rings. The maximum absolute atomic E-state index is 12.6. The van der Waals surface area contributed by atoms with E-state index < -0.39 is 24.2 Å². The number of rotatable bonds is 59. The second-order valence-electron chi connectivity index (χ2n) is 22.0. The first-order valence-electron chi connectivity index (χ1n) is 31.7. The molecule has 0 aliphatic rings. The van der Waals surface area contributed by atoms with Gasteiger partial charge in [-0.3, -0.25) is 4.79 Å². The highest BCUT2D eigenvalue weighted by molar-refractivity contribution is 5.80. The SMILES string of the molecule is CCCCCCCCCCCCCC/C=C\CCCCCCCCCCCCCCCCCCC(O)C(=O)NC(CO)C(O)/C=C/CCCCCCCCCCCCCCCCCCCCCCC. The normalized spacial score (nSPS) is 13.3. The van der Waals surface area contributed by atoms with Gasteiger partial charge in [0.15, 0.2) is 0 Å². The van der Waals surface area contributed by atoms with Crippen molar-refractivity contribution in [2.75, 3.05) is 6.61 Å². The van der Waals surface area contributed by atoms with E-state index in [4.69, 9.17) is 0 Å². The Balaban J connectivity index is 3.51. The number of hydrogen-bond donors (Lipinski definition) is 4. The molecule has 0 radical (unpaired) electrons. The summed E-state index contributed by atoms with van der Waals surface area (Å²) >= 11 is 0. The van der Waals surface area contributed by atoms with Gasteiger partial charge < -0.3 is 20.6 Å². The molecular weight excluding hydrogens is 847 g/mol. The van der Waals surface area contributed by atoms with Gasteiger partial charge in [0.1, 0.15) is 6.10 Å². The summed E-state index contributed by atoms with van der Waals surface area (Å²) in [6.07, 6.45) is 77.2. The van der Waals surface area contributed by atoms with Crippen LogP contribution in [0, 0.1) is 0 Å². The van der Waals surface area contributed by atoms with Crippen LogP contribution in [0.2, 0.25) is 0 Å². The summed E-state index contributed by atoms with van der Waals surface area (Å²) in [6, 6.07) is -0.797. The lowest BCUT2D eigenvalue weighted by molar-refractivity contribution is -0.131. The minimum atomic E-state index is -1.10. The fourth-order valence-electron chi connectivity index (χ4n) is 10.1. The summed E-state index contributed by atoms with van der Waals surface area (Å²) in [5.74, 6) is -0.496. The number of amides is 1. The fraction of sp³-hybridized carbons (Fsp3) is 0.922. The second kappa shape index (κ2) is 59.4. The largest absolute Gasteiger partial charge is 0.394 e. The molecule has 3 atom stereocenters. The highest BCUT2D eigenvalue weighted by atomic mass is 16.3. The Morgan fingerprint density at radius 3 is 0.841 bits per heavy atom. The second-order valence-corrected chi connectivity index (χ2v) is 22.0. The van der Waals surface area contributed by atoms with Gasteiger partial charge in [-0.15, -0.1) is 0 Å². The predicted molar refractivity (Wildman–Crippen MR) is 305 cm³/mol. The van der Waals surface area contributed by atoms with Gasteiger partial charge >= 0.3 is 0 Å². The van der Waals surface area contributed by atoms with Crippen molar-refractivity contribution < 1.29 is 20.1 Å². The van der Waals surface area contributed by atoms with E-state index in [0.29, 0.717) is 6.42 Å². The van der Waals surface area contributed by atoms with Crippen LogP contribution in [0.5, 0.6) is 0 Å². The van der Waals surface area contributed by atoms with E-state index in [1.165, 1.54) is 302 Å². The number of carbonyl (C=O) groups is 1. The van der Waals surface area contributed by atoms with Crippen LogP contribution in [-0.2, 0) is 4.79 Å². The summed E-state index contributed by atoms with van der Waals surface area (Å²) < 4.78 is 0. The van der Waals surface area contributed by atoms with Crippen LogP contribution in [0.3, 0.4) is 0 Å². The number of nitrogens with one attached hydrogen (secondary N) is 1. The van der Waals surface area contributed by atoms with Crippen molar-refractivity contribution in [1.82, 2.24) is 5.32 Å². The molecule has 0 saturated carbocycles. The minimum Gasteiger partial charge on any atom is -0.394 e. The van der Waals surface area contributed by atoms with Gasteiger partial charge in [0.2, 0.25) is 5.91 Å². The van der Waals surface area contributed by atoms with Crippen molar-refractivity contribution in [3.05, 3.63) is 24.3 Å². The number of allylic oxidation sites excluding steroid dienone is 3. The molecule has 0 fully saturated rings. The molecule has 0 spiro atoms. The zero-order valence-electron chi connectivity index (χ0n) is 47.0. The minimum absolute atomic E-state index is 0.360. The van der Waals surface area contributed by atoms with Gasteiger partial charge in [-0.1, -0.05) is 334 Å². The summed E-state index contributed by atoms with van der Waals surface area (Å²) in [4.78, 5) is 12.6. The first-order valence-corrected chi connectivity index (χ1v) is 31.7. The molecule has 4 N–H and O–H groups in total. The smallest absolute Gasteiger partial charge is 0.249 e. The number of hydrogen-bond acceptors (Lipinski definition) is 4. The number of unbranched alkanes of at least 4 members (excludes halogenated alkanes) is 49. The maximum Gasteiger partial charge on any atom is 0.249 e. The lowest BCUT2D eigenvalue weighted by Crippen LogP contribution is -2.48. The van der Waals surface area contributed by atoms with Crippen molar-refractivity contribution >= 4 is 5.91 Å². The lowest BCUT2D eigenvalue weighted by Gasteiger charge is -2.21. The van der Waals surface area contributed by atoms with Gasteiger partial charge in [0.25, 0.3) is 0 Å². The highest BCUT2D eigenvalue weighted by Gasteiger charge is 2.22. The number of carbonyl (C=O) groups excluding carboxylic acids is 1. The molecular formula is C64H125NO4. The van der Waals surface area contributed by atoms with Crippen molar-refractivity contribution in [1.29, 1.82) is 0 Å². The molecule has 1 amide bonds. The average molecular weight is 973 g/mol. The van der Waals surface area contributed by atoms with Crippen LogP contribution >= 0.6 is 0 Å². The molecule has 0 saturated heterocycles. The molecule has 5 heteroatoms. The fourth-order valence-corrected chi connectivity index (χ4v) is 10.1. The number of aliphatic hydroxyl groups is 3. The zero-order valence-corrected chi connectivity index (χ0v) is 47.0.